The van der Waals surface area contributed by atoms with Gasteiger partial charge in [0.05, 0.1) is 23.7 Å². The van der Waals surface area contributed by atoms with Crippen LogP contribution in [0.4, 0.5) is 11.5 Å². The van der Waals surface area contributed by atoms with E-state index in [9.17, 15) is 13.5 Å². The Morgan fingerprint density at radius 3 is 2.87 bits per heavy atom. The Balaban J connectivity index is 2.01. The molecule has 0 bridgehead atoms. The van der Waals surface area contributed by atoms with Crippen molar-refractivity contribution in [3.05, 3.63) is 34.2 Å². The fraction of sp³-hybridized carbons (Fsp3) is 0.389. The first-order valence-electron chi connectivity index (χ1n) is 9.17. The molecule has 0 spiro atoms. The van der Waals surface area contributed by atoms with Crippen LogP contribution in [-0.4, -0.2) is 68.1 Å². The second kappa shape index (κ2) is 11.5. The zero-order chi connectivity index (χ0) is 23.0. The number of halogens is 2. The normalized spacial score (nSPS) is 12.7. The van der Waals surface area contributed by atoms with Crippen molar-refractivity contribution in [2.75, 3.05) is 38.4 Å². The number of aliphatic hydroxyl groups is 1. The van der Waals surface area contributed by atoms with Crippen LogP contribution in [0.3, 0.4) is 0 Å². The molecule has 2 aromatic rings. The van der Waals surface area contributed by atoms with Crippen molar-refractivity contribution in [1.82, 2.24) is 14.9 Å². The van der Waals surface area contributed by atoms with Crippen LogP contribution in [0.2, 0.25) is 5.28 Å². The van der Waals surface area contributed by atoms with Gasteiger partial charge in [-0.2, -0.15) is 13.4 Å². The summed E-state index contributed by atoms with van der Waals surface area (Å²) in [5.74, 6) is 0.581. The van der Waals surface area contributed by atoms with Gasteiger partial charge in [0.25, 0.3) is 10.0 Å². The van der Waals surface area contributed by atoms with Gasteiger partial charge in [-0.25, -0.2) is 4.98 Å². The maximum absolute atomic E-state index is 12.5. The molecule has 1 aromatic heterocycles. The van der Waals surface area contributed by atoms with E-state index in [1.54, 1.807) is 14.1 Å². The van der Waals surface area contributed by atoms with Gasteiger partial charge >= 0.3 is 0 Å². The van der Waals surface area contributed by atoms with Crippen molar-refractivity contribution >= 4 is 55.4 Å². The number of benzene rings is 1. The summed E-state index contributed by atoms with van der Waals surface area (Å²) in [5.41, 5.74) is 6.15. The van der Waals surface area contributed by atoms with Gasteiger partial charge in [-0.1, -0.05) is 0 Å². The van der Waals surface area contributed by atoms with E-state index in [1.165, 1.54) is 35.6 Å². The Kier molecular flexibility index (Phi) is 9.29. The molecule has 170 valence electrons. The van der Waals surface area contributed by atoms with E-state index < -0.39 is 10.0 Å². The van der Waals surface area contributed by atoms with Crippen LogP contribution in [0.5, 0.6) is 5.75 Å². The lowest BCUT2D eigenvalue weighted by Gasteiger charge is -2.18. The quantitative estimate of drug-likeness (QED) is 0.130. The predicted molar refractivity (Wildman–Crippen MR) is 124 cm³/mol. The molecule has 0 radical (unpaired) electrons. The van der Waals surface area contributed by atoms with Gasteiger partial charge in [0.2, 0.25) is 5.28 Å². The molecule has 0 amide bonds. The minimum Gasteiger partial charge on any atom is -0.492 e. The number of nitrogens with zero attached hydrogens (tertiary/aromatic N) is 4. The molecule has 10 nitrogen and oxygen atoms in total. The maximum atomic E-state index is 12.5. The number of nitrogens with two attached hydrogens (primary N) is 1. The molecule has 1 atom stereocenters. The van der Waals surface area contributed by atoms with Gasteiger partial charge in [0.15, 0.2) is 0 Å². The van der Waals surface area contributed by atoms with Crippen LogP contribution in [0.1, 0.15) is 12.8 Å². The Morgan fingerprint density at radius 2 is 2.19 bits per heavy atom. The predicted octanol–water partition coefficient (Wildman–Crippen LogP) is 2.39. The summed E-state index contributed by atoms with van der Waals surface area (Å²) in [4.78, 5) is 9.36. The Morgan fingerprint density at radius 1 is 1.45 bits per heavy atom. The molecule has 1 heterocycles. The second-order valence-corrected chi connectivity index (χ2v) is 9.51. The lowest BCUT2D eigenvalue weighted by atomic mass is 10.1. The second-order valence-electron chi connectivity index (χ2n) is 6.72. The highest BCUT2D eigenvalue weighted by Gasteiger charge is 2.19. The summed E-state index contributed by atoms with van der Waals surface area (Å²) in [6.45, 7) is 0.0540. The number of aromatic nitrogens is 2. The smallest absolute Gasteiger partial charge is 0.287 e. The van der Waals surface area contributed by atoms with E-state index in [1.807, 2.05) is 0 Å². The number of aliphatic hydroxyl groups excluding tert-OH is 1. The highest BCUT2D eigenvalue weighted by Crippen LogP contribution is 2.28. The first-order valence-corrected chi connectivity index (χ1v) is 11.8. The van der Waals surface area contributed by atoms with Gasteiger partial charge in [0.1, 0.15) is 22.8 Å². The molecule has 0 fully saturated rings. The fourth-order valence-corrected chi connectivity index (χ4v) is 3.90. The van der Waals surface area contributed by atoms with Crippen molar-refractivity contribution in [3.63, 3.8) is 0 Å². The average molecular weight is 536 g/mol. The van der Waals surface area contributed by atoms with Crippen molar-refractivity contribution < 1.29 is 18.3 Å². The molecular formula is C18H24BrClN6O4S. The lowest BCUT2D eigenvalue weighted by Crippen LogP contribution is -2.25. The summed E-state index contributed by atoms with van der Waals surface area (Å²) in [7, 11) is -0.616. The molecule has 0 aliphatic heterocycles. The fourth-order valence-electron chi connectivity index (χ4n) is 2.42. The number of hydrogen-bond acceptors (Lipinski definition) is 8. The highest BCUT2D eigenvalue weighted by atomic mass is 79.9. The molecule has 1 aromatic carbocycles. The number of ether oxygens (including phenoxy) is 1. The minimum absolute atomic E-state index is 0.0730. The van der Waals surface area contributed by atoms with Gasteiger partial charge in [-0.05, 0) is 52.5 Å². The third-order valence-electron chi connectivity index (χ3n) is 3.89. The Hall–Kier alpha value is -2.15. The molecule has 0 unspecified atom stereocenters. The van der Waals surface area contributed by atoms with Crippen LogP contribution >= 0.6 is 27.5 Å². The SMILES string of the molecule is CN(C)/C=N/S(=O)(=O)c1ccc(N)cc1OCCC[C@H](CO)Nc1nc(Cl)ncc1Br. The highest BCUT2D eigenvalue weighted by molar-refractivity contribution is 9.10. The van der Waals surface area contributed by atoms with Gasteiger partial charge in [-0.3, -0.25) is 0 Å². The molecular weight excluding hydrogens is 512 g/mol. The summed E-state index contributed by atoms with van der Waals surface area (Å²) < 4.78 is 34.9. The molecule has 0 saturated carbocycles. The van der Waals surface area contributed by atoms with Gasteiger partial charge in [0, 0.05) is 32.0 Å². The monoisotopic (exact) mass is 534 g/mol. The number of anilines is 2. The van der Waals surface area contributed by atoms with E-state index in [2.05, 4.69) is 35.6 Å². The molecule has 0 aliphatic rings. The number of rotatable bonds is 11. The molecule has 4 N–H and O–H groups in total. The first kappa shape index (κ1) is 25.1. The van der Waals surface area contributed by atoms with Crippen LogP contribution < -0.4 is 15.8 Å². The third kappa shape index (κ3) is 7.80. The van der Waals surface area contributed by atoms with Crippen molar-refractivity contribution in [2.45, 2.75) is 23.8 Å². The lowest BCUT2D eigenvalue weighted by molar-refractivity contribution is 0.250. The van der Waals surface area contributed by atoms with E-state index in [0.717, 1.165) is 0 Å². The first-order chi connectivity index (χ1) is 14.6. The van der Waals surface area contributed by atoms with Crippen molar-refractivity contribution in [2.24, 2.45) is 4.40 Å². The van der Waals surface area contributed by atoms with E-state index >= 15 is 0 Å². The van der Waals surface area contributed by atoms with Crippen LogP contribution in [0, 0.1) is 0 Å². The molecule has 31 heavy (non-hydrogen) atoms. The maximum Gasteiger partial charge on any atom is 0.287 e. The molecule has 13 heteroatoms. The molecule has 0 saturated heterocycles. The summed E-state index contributed by atoms with van der Waals surface area (Å²) in [5, 5.41) is 12.8. The van der Waals surface area contributed by atoms with Crippen molar-refractivity contribution in [3.8, 4) is 5.75 Å². The standard InChI is InChI=1S/C18H24BrClN6O4S/c1-26(2)11-23-31(28,29)16-6-5-12(21)8-15(16)30-7-3-4-13(10-27)24-17-14(19)9-22-18(20)25-17/h5-6,8-9,11,13,27H,3-4,7,10,21H2,1-2H3,(H,22,24,25)/b23-11+/t13-/m1/s1. The van der Waals surface area contributed by atoms with Gasteiger partial charge in [-0.15, -0.1) is 4.40 Å². The molecule has 2 rings (SSSR count). The van der Waals surface area contributed by atoms with Crippen molar-refractivity contribution in [1.29, 1.82) is 0 Å². The topological polar surface area (TPSA) is 143 Å². The Bertz CT molecular complexity index is 1020. The van der Waals surface area contributed by atoms with E-state index in [-0.39, 0.29) is 35.2 Å². The largest absolute Gasteiger partial charge is 0.492 e. The van der Waals surface area contributed by atoms with E-state index in [0.29, 0.717) is 28.8 Å². The van der Waals surface area contributed by atoms with Crippen LogP contribution in [-0.2, 0) is 10.0 Å². The Labute approximate surface area is 194 Å². The number of sulfonamides is 1. The zero-order valence-electron chi connectivity index (χ0n) is 17.0. The summed E-state index contributed by atoms with van der Waals surface area (Å²) >= 11 is 9.12. The summed E-state index contributed by atoms with van der Waals surface area (Å²) in [6.07, 6.45) is 3.75. The minimum atomic E-state index is -3.95. The number of hydrogen-bond donors (Lipinski definition) is 3. The van der Waals surface area contributed by atoms with Crippen LogP contribution in [0.15, 0.2) is 38.2 Å². The number of nitrogen functional groups attached to an aromatic ring is 1. The molecule has 0 aliphatic carbocycles. The zero-order valence-corrected chi connectivity index (χ0v) is 20.2. The van der Waals surface area contributed by atoms with E-state index in [4.69, 9.17) is 22.1 Å². The average Bonchev–Trinajstić information content (AvgIpc) is 2.71. The third-order valence-corrected chi connectivity index (χ3v) is 5.92. The summed E-state index contributed by atoms with van der Waals surface area (Å²) in [6, 6.07) is 3.96. The number of nitrogens with one attached hydrogen (secondary N) is 1. The van der Waals surface area contributed by atoms with Crippen LogP contribution in [0.25, 0.3) is 0 Å². The van der Waals surface area contributed by atoms with Gasteiger partial charge < -0.3 is 25.8 Å².